The molecular weight excluding hydrogens is 244 g/mol. The third-order valence-corrected chi connectivity index (χ3v) is 3.45. The number of rotatable bonds is 2. The van der Waals surface area contributed by atoms with Gasteiger partial charge in [-0.2, -0.15) is 0 Å². The monoisotopic (exact) mass is 254 g/mol. The van der Waals surface area contributed by atoms with E-state index in [-0.39, 0.29) is 5.56 Å². The van der Waals surface area contributed by atoms with Crippen molar-refractivity contribution in [2.24, 2.45) is 0 Å². The number of hydrogen-bond acceptors (Lipinski definition) is 3. The first-order valence-corrected chi connectivity index (χ1v) is 6.41. The molecule has 18 heavy (non-hydrogen) atoms. The van der Waals surface area contributed by atoms with Crippen molar-refractivity contribution < 1.29 is 0 Å². The first-order chi connectivity index (χ1) is 8.83. The van der Waals surface area contributed by atoms with Gasteiger partial charge in [0.1, 0.15) is 5.82 Å². The van der Waals surface area contributed by atoms with E-state index >= 15 is 0 Å². The first-order valence-electron chi connectivity index (χ1n) is 5.53. The van der Waals surface area contributed by atoms with Crippen LogP contribution in [0.1, 0.15) is 0 Å². The molecule has 0 spiro atoms. The van der Waals surface area contributed by atoms with Crippen LogP contribution in [0.15, 0.2) is 58.7 Å². The molecule has 0 bridgehead atoms. The summed E-state index contributed by atoms with van der Waals surface area (Å²) in [6, 6.07) is 15.1. The molecule has 0 fully saturated rings. The highest BCUT2D eigenvalue weighted by Crippen LogP contribution is 2.23. The van der Waals surface area contributed by atoms with Crippen molar-refractivity contribution in [3.8, 4) is 22.0 Å². The summed E-state index contributed by atoms with van der Waals surface area (Å²) < 4.78 is 0. The summed E-state index contributed by atoms with van der Waals surface area (Å²) in [6.07, 6.45) is 0. The summed E-state index contributed by atoms with van der Waals surface area (Å²) in [5, 5.41) is 1.97. The van der Waals surface area contributed by atoms with Crippen molar-refractivity contribution in [3.63, 3.8) is 0 Å². The van der Waals surface area contributed by atoms with Gasteiger partial charge in [0.15, 0.2) is 0 Å². The molecule has 0 aliphatic heterocycles. The van der Waals surface area contributed by atoms with Crippen molar-refractivity contribution in [1.82, 2.24) is 9.97 Å². The summed E-state index contributed by atoms with van der Waals surface area (Å²) in [5.41, 5.74) is 1.49. The smallest absolute Gasteiger partial charge is 0.251 e. The lowest BCUT2D eigenvalue weighted by atomic mass is 10.2. The van der Waals surface area contributed by atoms with Crippen molar-refractivity contribution in [1.29, 1.82) is 0 Å². The number of thiophene rings is 1. The Balaban J connectivity index is 2.15. The molecule has 0 radical (unpaired) electrons. The van der Waals surface area contributed by atoms with E-state index < -0.39 is 0 Å². The van der Waals surface area contributed by atoms with Gasteiger partial charge < -0.3 is 4.98 Å². The largest absolute Gasteiger partial charge is 0.306 e. The number of hydrogen-bond donors (Lipinski definition) is 1. The standard InChI is InChI=1S/C14H10N2OS/c17-13-9-11(12-7-4-8-18-12)15-14(16-13)10-5-2-1-3-6-10/h1-9H,(H,15,16,17). The predicted molar refractivity (Wildman–Crippen MR) is 73.6 cm³/mol. The van der Waals surface area contributed by atoms with E-state index in [1.807, 2.05) is 47.8 Å². The molecule has 0 aliphatic rings. The number of benzene rings is 1. The highest BCUT2D eigenvalue weighted by Gasteiger charge is 2.06. The van der Waals surface area contributed by atoms with Crippen molar-refractivity contribution >= 4 is 11.3 Å². The highest BCUT2D eigenvalue weighted by molar-refractivity contribution is 7.13. The Hall–Kier alpha value is -2.20. The van der Waals surface area contributed by atoms with Gasteiger partial charge >= 0.3 is 0 Å². The Bertz CT molecular complexity index is 702. The van der Waals surface area contributed by atoms with Gasteiger partial charge in [-0.05, 0) is 11.4 Å². The average Bonchev–Trinajstić information content (AvgIpc) is 2.93. The van der Waals surface area contributed by atoms with Crippen LogP contribution in [-0.2, 0) is 0 Å². The van der Waals surface area contributed by atoms with E-state index in [9.17, 15) is 4.79 Å². The molecule has 2 aromatic heterocycles. The molecule has 3 aromatic rings. The average molecular weight is 254 g/mol. The lowest BCUT2D eigenvalue weighted by molar-refractivity contribution is 1.14. The van der Waals surface area contributed by atoms with E-state index in [4.69, 9.17) is 0 Å². The quantitative estimate of drug-likeness (QED) is 0.763. The van der Waals surface area contributed by atoms with Gasteiger partial charge in [-0.1, -0.05) is 36.4 Å². The zero-order valence-electron chi connectivity index (χ0n) is 9.46. The number of aromatic nitrogens is 2. The molecule has 1 aromatic carbocycles. The Kier molecular flexibility index (Phi) is 2.78. The van der Waals surface area contributed by atoms with Crippen LogP contribution in [0.2, 0.25) is 0 Å². The zero-order chi connectivity index (χ0) is 12.4. The SMILES string of the molecule is O=c1cc(-c2cccs2)nc(-c2ccccc2)[nH]1. The first kappa shape index (κ1) is 10.9. The van der Waals surface area contributed by atoms with E-state index in [0.717, 1.165) is 10.4 Å². The predicted octanol–water partition coefficient (Wildman–Crippen LogP) is 3.17. The second-order valence-electron chi connectivity index (χ2n) is 3.82. The fourth-order valence-corrected chi connectivity index (χ4v) is 2.43. The number of nitrogens with zero attached hydrogens (tertiary/aromatic N) is 1. The van der Waals surface area contributed by atoms with Gasteiger partial charge in [0.25, 0.3) is 5.56 Å². The van der Waals surface area contributed by atoms with Crippen LogP contribution in [0.3, 0.4) is 0 Å². The third kappa shape index (κ3) is 2.10. The molecule has 0 aliphatic carbocycles. The lowest BCUT2D eigenvalue weighted by Gasteiger charge is -2.02. The van der Waals surface area contributed by atoms with Crippen LogP contribution >= 0.6 is 11.3 Å². The molecule has 4 heteroatoms. The van der Waals surface area contributed by atoms with Gasteiger partial charge in [-0.3, -0.25) is 4.79 Å². The Labute approximate surface area is 108 Å². The van der Waals surface area contributed by atoms with Gasteiger partial charge in [-0.25, -0.2) is 4.98 Å². The van der Waals surface area contributed by atoms with Crippen molar-refractivity contribution in [2.45, 2.75) is 0 Å². The minimum Gasteiger partial charge on any atom is -0.306 e. The summed E-state index contributed by atoms with van der Waals surface area (Å²) in [7, 11) is 0. The molecule has 0 atom stereocenters. The minimum atomic E-state index is -0.132. The van der Waals surface area contributed by atoms with Gasteiger partial charge in [0.2, 0.25) is 0 Å². The maximum atomic E-state index is 11.7. The van der Waals surface area contributed by atoms with Crippen LogP contribution in [0.25, 0.3) is 22.0 Å². The maximum absolute atomic E-state index is 11.7. The maximum Gasteiger partial charge on any atom is 0.251 e. The molecule has 88 valence electrons. The lowest BCUT2D eigenvalue weighted by Crippen LogP contribution is -2.08. The Morgan fingerprint density at radius 3 is 2.61 bits per heavy atom. The number of H-pyrrole nitrogens is 1. The zero-order valence-corrected chi connectivity index (χ0v) is 10.3. The van der Waals surface area contributed by atoms with Crippen LogP contribution < -0.4 is 5.56 Å². The fourth-order valence-electron chi connectivity index (χ4n) is 1.74. The van der Waals surface area contributed by atoms with Crippen molar-refractivity contribution in [2.75, 3.05) is 0 Å². The van der Waals surface area contributed by atoms with E-state index in [2.05, 4.69) is 9.97 Å². The molecule has 0 saturated carbocycles. The van der Waals surface area contributed by atoms with Crippen molar-refractivity contribution in [3.05, 3.63) is 64.3 Å². The number of nitrogens with one attached hydrogen (secondary N) is 1. The summed E-state index contributed by atoms with van der Waals surface area (Å²) >= 11 is 1.57. The molecule has 0 unspecified atom stereocenters. The van der Waals surface area contributed by atoms with Crippen LogP contribution in [-0.4, -0.2) is 9.97 Å². The number of aromatic amines is 1. The van der Waals surface area contributed by atoms with Gasteiger partial charge in [-0.15, -0.1) is 11.3 Å². The second kappa shape index (κ2) is 4.58. The van der Waals surface area contributed by atoms with E-state index in [1.165, 1.54) is 6.07 Å². The summed E-state index contributed by atoms with van der Waals surface area (Å²) in [4.78, 5) is 20.0. The molecular formula is C14H10N2OS. The fraction of sp³-hybridized carbons (Fsp3) is 0. The van der Waals surface area contributed by atoms with E-state index in [1.54, 1.807) is 11.3 Å². The van der Waals surface area contributed by atoms with Crippen LogP contribution in [0.5, 0.6) is 0 Å². The molecule has 3 rings (SSSR count). The van der Waals surface area contributed by atoms with E-state index in [0.29, 0.717) is 11.5 Å². The molecule has 0 amide bonds. The molecule has 2 heterocycles. The van der Waals surface area contributed by atoms with Crippen LogP contribution in [0.4, 0.5) is 0 Å². The second-order valence-corrected chi connectivity index (χ2v) is 4.77. The topological polar surface area (TPSA) is 45.8 Å². The van der Waals surface area contributed by atoms with Crippen LogP contribution in [0, 0.1) is 0 Å². The molecule has 1 N–H and O–H groups in total. The normalized spacial score (nSPS) is 10.4. The Morgan fingerprint density at radius 1 is 1.06 bits per heavy atom. The highest BCUT2D eigenvalue weighted by atomic mass is 32.1. The van der Waals surface area contributed by atoms with Gasteiger partial charge in [0.05, 0.1) is 10.6 Å². The molecule has 0 saturated heterocycles. The summed E-state index contributed by atoms with van der Waals surface area (Å²) in [5.74, 6) is 0.603. The Morgan fingerprint density at radius 2 is 1.89 bits per heavy atom. The summed E-state index contributed by atoms with van der Waals surface area (Å²) in [6.45, 7) is 0. The third-order valence-electron chi connectivity index (χ3n) is 2.56. The minimum absolute atomic E-state index is 0.132. The molecule has 3 nitrogen and oxygen atoms in total. The van der Waals surface area contributed by atoms with Gasteiger partial charge in [0, 0.05) is 11.6 Å².